The smallest absolute Gasteiger partial charge is 0.270 e. The summed E-state index contributed by atoms with van der Waals surface area (Å²) < 4.78 is 5.51. The van der Waals surface area contributed by atoms with Crippen LogP contribution in [0.2, 0.25) is 0 Å². The molecule has 5 nitrogen and oxygen atoms in total. The molecule has 0 amide bonds. The topological polar surface area (TPSA) is 72.6 Å². The van der Waals surface area contributed by atoms with Gasteiger partial charge < -0.3 is 9.84 Å². The highest BCUT2D eigenvalue weighted by atomic mass is 32.2. The summed E-state index contributed by atoms with van der Waals surface area (Å²) >= 11 is 1.84. The zero-order valence-electron chi connectivity index (χ0n) is 10.3. The van der Waals surface area contributed by atoms with E-state index in [0.717, 1.165) is 17.9 Å². The van der Waals surface area contributed by atoms with Crippen molar-refractivity contribution in [1.29, 1.82) is 0 Å². The highest BCUT2D eigenvalue weighted by Crippen LogP contribution is 2.24. The molecule has 0 heterocycles. The maximum Gasteiger partial charge on any atom is 0.270 e. The zero-order chi connectivity index (χ0) is 13.4. The molecule has 6 heteroatoms. The molecular formula is C12H17NO4S. The zero-order valence-corrected chi connectivity index (χ0v) is 11.1. The lowest BCUT2D eigenvalue weighted by Crippen LogP contribution is -2.02. The maximum atomic E-state index is 10.6. The molecule has 1 rings (SSSR count). The number of aliphatic hydroxyl groups excluding tert-OH is 1. The van der Waals surface area contributed by atoms with E-state index in [0.29, 0.717) is 17.9 Å². The molecule has 1 aromatic carbocycles. The maximum absolute atomic E-state index is 10.6. The van der Waals surface area contributed by atoms with Gasteiger partial charge in [0, 0.05) is 17.7 Å². The third-order valence-corrected chi connectivity index (χ3v) is 3.31. The van der Waals surface area contributed by atoms with Crippen molar-refractivity contribution < 1.29 is 14.8 Å². The molecule has 0 radical (unpaired) electrons. The highest BCUT2D eigenvalue weighted by molar-refractivity contribution is 7.99. The van der Waals surface area contributed by atoms with Crippen LogP contribution in [0.25, 0.3) is 0 Å². The minimum Gasteiger partial charge on any atom is -0.493 e. The monoisotopic (exact) mass is 271 g/mol. The first kappa shape index (κ1) is 14.8. The molecule has 100 valence electrons. The van der Waals surface area contributed by atoms with Crippen LogP contribution in [0.5, 0.6) is 5.75 Å². The number of nitrogens with zero attached hydrogens (tertiary/aromatic N) is 1. The van der Waals surface area contributed by atoms with Crippen molar-refractivity contribution >= 4 is 17.4 Å². The van der Waals surface area contributed by atoms with Gasteiger partial charge in [0.05, 0.1) is 18.1 Å². The summed E-state index contributed by atoms with van der Waals surface area (Å²) in [5, 5.41) is 19.8. The Morgan fingerprint density at radius 1 is 1.50 bits per heavy atom. The van der Waals surface area contributed by atoms with Gasteiger partial charge in [-0.15, -0.1) is 0 Å². The van der Waals surface area contributed by atoms with Crippen molar-refractivity contribution in [3.63, 3.8) is 0 Å². The number of hydrogen-bond acceptors (Lipinski definition) is 5. The first-order valence-electron chi connectivity index (χ1n) is 5.77. The number of nitro groups is 1. The van der Waals surface area contributed by atoms with E-state index in [-0.39, 0.29) is 12.3 Å². The van der Waals surface area contributed by atoms with Crippen LogP contribution in [-0.2, 0) is 6.61 Å². The molecular weight excluding hydrogens is 254 g/mol. The van der Waals surface area contributed by atoms with Crippen LogP contribution in [0.4, 0.5) is 5.69 Å². The molecule has 0 aromatic heterocycles. The second-order valence-electron chi connectivity index (χ2n) is 3.61. The van der Waals surface area contributed by atoms with Crippen molar-refractivity contribution in [2.45, 2.75) is 20.0 Å². The number of aliphatic hydroxyl groups is 1. The van der Waals surface area contributed by atoms with Gasteiger partial charge in [0.25, 0.3) is 5.69 Å². The van der Waals surface area contributed by atoms with Crippen LogP contribution in [0.1, 0.15) is 18.9 Å². The molecule has 0 atom stereocenters. The third-order valence-electron chi connectivity index (χ3n) is 2.32. The number of rotatable bonds is 8. The lowest BCUT2D eigenvalue weighted by molar-refractivity contribution is -0.385. The fourth-order valence-electron chi connectivity index (χ4n) is 1.43. The third kappa shape index (κ3) is 4.54. The predicted octanol–water partition coefficient (Wildman–Crippen LogP) is 2.61. The highest BCUT2D eigenvalue weighted by Gasteiger charge is 2.10. The number of thioether (sulfide) groups is 1. The Morgan fingerprint density at radius 2 is 2.28 bits per heavy atom. The molecule has 0 fully saturated rings. The van der Waals surface area contributed by atoms with E-state index in [1.807, 2.05) is 11.8 Å². The summed E-state index contributed by atoms with van der Waals surface area (Å²) in [7, 11) is 0. The molecule has 18 heavy (non-hydrogen) atoms. The lowest BCUT2D eigenvalue weighted by atomic mass is 10.2. The molecule has 0 bridgehead atoms. The van der Waals surface area contributed by atoms with Crippen LogP contribution in [-0.4, -0.2) is 28.1 Å². The van der Waals surface area contributed by atoms with E-state index in [2.05, 4.69) is 6.92 Å². The van der Waals surface area contributed by atoms with Gasteiger partial charge in [-0.3, -0.25) is 10.1 Å². The van der Waals surface area contributed by atoms with E-state index < -0.39 is 4.92 Å². The van der Waals surface area contributed by atoms with Gasteiger partial charge in [0.15, 0.2) is 0 Å². The van der Waals surface area contributed by atoms with Gasteiger partial charge in [0.2, 0.25) is 0 Å². The Labute approximate surface area is 110 Å². The Balaban J connectivity index is 2.57. The van der Waals surface area contributed by atoms with E-state index in [1.54, 1.807) is 0 Å². The summed E-state index contributed by atoms with van der Waals surface area (Å²) in [6.07, 6.45) is 0.917. The normalized spacial score (nSPS) is 10.3. The first-order chi connectivity index (χ1) is 8.69. The van der Waals surface area contributed by atoms with Crippen LogP contribution in [0.15, 0.2) is 18.2 Å². The molecule has 1 aromatic rings. The first-order valence-corrected chi connectivity index (χ1v) is 6.93. The van der Waals surface area contributed by atoms with Crippen molar-refractivity contribution in [2.75, 3.05) is 18.1 Å². The number of ether oxygens (including phenoxy) is 1. The summed E-state index contributed by atoms with van der Waals surface area (Å²) in [4.78, 5) is 10.1. The summed E-state index contributed by atoms with van der Waals surface area (Å²) in [5.74, 6) is 2.63. The fourth-order valence-corrected chi connectivity index (χ4v) is 2.04. The standard InChI is InChI=1S/C12H17NO4S/c1-2-18-7-3-6-17-12-5-4-11(13(15)16)8-10(12)9-14/h4-5,8,14H,2-3,6-7,9H2,1H3. The van der Waals surface area contributed by atoms with Crippen molar-refractivity contribution in [1.82, 2.24) is 0 Å². The summed E-state index contributed by atoms with van der Waals surface area (Å²) in [5.41, 5.74) is 0.417. The second-order valence-corrected chi connectivity index (χ2v) is 5.00. The van der Waals surface area contributed by atoms with Crippen LogP contribution >= 0.6 is 11.8 Å². The SMILES string of the molecule is CCSCCCOc1ccc([N+](=O)[O-])cc1CO. The largest absolute Gasteiger partial charge is 0.493 e. The van der Waals surface area contributed by atoms with E-state index in [9.17, 15) is 10.1 Å². The van der Waals surface area contributed by atoms with Crippen molar-refractivity contribution in [3.8, 4) is 5.75 Å². The van der Waals surface area contributed by atoms with Crippen molar-refractivity contribution in [3.05, 3.63) is 33.9 Å². The number of non-ortho nitro benzene ring substituents is 1. The second kappa shape index (κ2) is 7.94. The van der Waals surface area contributed by atoms with Gasteiger partial charge >= 0.3 is 0 Å². The van der Waals surface area contributed by atoms with Crippen LogP contribution in [0, 0.1) is 10.1 Å². The average Bonchev–Trinajstić information content (AvgIpc) is 2.38. The summed E-state index contributed by atoms with van der Waals surface area (Å²) in [6, 6.07) is 4.27. The molecule has 0 aliphatic rings. The summed E-state index contributed by atoms with van der Waals surface area (Å²) in [6.45, 7) is 2.39. The van der Waals surface area contributed by atoms with Crippen LogP contribution in [0.3, 0.4) is 0 Å². The van der Waals surface area contributed by atoms with Gasteiger partial charge in [-0.2, -0.15) is 11.8 Å². The predicted molar refractivity (Wildman–Crippen MR) is 72.1 cm³/mol. The van der Waals surface area contributed by atoms with Gasteiger partial charge in [-0.25, -0.2) is 0 Å². The molecule has 0 spiro atoms. The number of hydrogen-bond donors (Lipinski definition) is 1. The Kier molecular flexibility index (Phi) is 6.53. The Morgan fingerprint density at radius 3 is 2.89 bits per heavy atom. The molecule has 0 saturated heterocycles. The number of nitro benzene ring substituents is 1. The van der Waals surface area contributed by atoms with Gasteiger partial charge in [-0.05, 0) is 24.0 Å². The Hall–Kier alpha value is -1.27. The lowest BCUT2D eigenvalue weighted by Gasteiger charge is -2.09. The quantitative estimate of drug-likeness (QED) is 0.447. The fraction of sp³-hybridized carbons (Fsp3) is 0.500. The number of benzene rings is 1. The van der Waals surface area contributed by atoms with Gasteiger partial charge in [-0.1, -0.05) is 6.92 Å². The molecule has 1 N–H and O–H groups in total. The van der Waals surface area contributed by atoms with E-state index in [4.69, 9.17) is 9.84 Å². The molecule has 0 aliphatic heterocycles. The minimum absolute atomic E-state index is 0.0343. The minimum atomic E-state index is -0.485. The average molecular weight is 271 g/mol. The molecule has 0 aliphatic carbocycles. The molecule has 0 unspecified atom stereocenters. The van der Waals surface area contributed by atoms with E-state index in [1.165, 1.54) is 18.2 Å². The van der Waals surface area contributed by atoms with Gasteiger partial charge in [0.1, 0.15) is 5.75 Å². The Bertz CT molecular complexity index is 398. The van der Waals surface area contributed by atoms with Crippen LogP contribution < -0.4 is 4.74 Å². The van der Waals surface area contributed by atoms with E-state index >= 15 is 0 Å². The van der Waals surface area contributed by atoms with Crippen molar-refractivity contribution in [2.24, 2.45) is 0 Å². The molecule has 0 saturated carbocycles.